The van der Waals surface area contributed by atoms with Gasteiger partial charge in [-0.25, -0.2) is 0 Å². The monoisotopic (exact) mass is 277 g/mol. The van der Waals surface area contributed by atoms with Gasteiger partial charge >= 0.3 is 0 Å². The zero-order valence-electron chi connectivity index (χ0n) is 10.9. The predicted molar refractivity (Wildman–Crippen MR) is 75.7 cm³/mol. The number of hydrogen-bond donors (Lipinski definition) is 1. The van der Waals surface area contributed by atoms with Crippen molar-refractivity contribution in [3.8, 4) is 0 Å². The Labute approximate surface area is 117 Å². The van der Waals surface area contributed by atoms with Gasteiger partial charge in [0.15, 0.2) is 0 Å². The van der Waals surface area contributed by atoms with Crippen LogP contribution in [0.25, 0.3) is 0 Å². The van der Waals surface area contributed by atoms with Gasteiger partial charge in [0.1, 0.15) is 0 Å². The molecule has 1 saturated carbocycles. The molecule has 0 unspecified atom stereocenters. The summed E-state index contributed by atoms with van der Waals surface area (Å²) in [5.74, 6) is 0. The summed E-state index contributed by atoms with van der Waals surface area (Å²) < 4.78 is 1.89. The Hall–Kier alpha value is -1.24. The van der Waals surface area contributed by atoms with Gasteiger partial charge in [-0.3, -0.25) is 9.58 Å². The summed E-state index contributed by atoms with van der Waals surface area (Å²) in [5.41, 5.74) is 6.40. The second-order valence-electron chi connectivity index (χ2n) is 4.96. The van der Waals surface area contributed by atoms with Gasteiger partial charge < -0.3 is 5.73 Å². The number of nitrogens with zero attached hydrogens (tertiary/aromatic N) is 4. The lowest BCUT2D eigenvalue weighted by Crippen LogP contribution is -2.29. The smallest absolute Gasteiger partial charge is 0.0962 e. The van der Waals surface area contributed by atoms with E-state index < -0.39 is 0 Å². The van der Waals surface area contributed by atoms with Crippen LogP contribution >= 0.6 is 11.3 Å². The summed E-state index contributed by atoms with van der Waals surface area (Å²) in [4.78, 5) is 3.99. The van der Waals surface area contributed by atoms with Gasteiger partial charge in [-0.2, -0.15) is 0 Å². The van der Waals surface area contributed by atoms with Crippen molar-refractivity contribution in [3.05, 3.63) is 34.3 Å². The van der Waals surface area contributed by atoms with Crippen molar-refractivity contribution >= 4 is 11.3 Å². The van der Waals surface area contributed by atoms with Crippen LogP contribution in [0.2, 0.25) is 0 Å². The zero-order valence-corrected chi connectivity index (χ0v) is 11.7. The van der Waals surface area contributed by atoms with Crippen molar-refractivity contribution in [2.24, 2.45) is 5.73 Å². The maximum absolute atomic E-state index is 5.54. The summed E-state index contributed by atoms with van der Waals surface area (Å²) >= 11 is 1.83. The van der Waals surface area contributed by atoms with Gasteiger partial charge in [0.05, 0.1) is 12.2 Å². The molecule has 0 atom stereocenters. The quantitative estimate of drug-likeness (QED) is 0.832. The highest BCUT2D eigenvalue weighted by atomic mass is 32.1. The van der Waals surface area contributed by atoms with E-state index in [1.807, 2.05) is 22.2 Å². The van der Waals surface area contributed by atoms with Crippen LogP contribution in [0.15, 0.2) is 23.7 Å². The highest BCUT2D eigenvalue weighted by molar-refractivity contribution is 7.09. The van der Waals surface area contributed by atoms with E-state index in [4.69, 9.17) is 5.73 Å². The van der Waals surface area contributed by atoms with Crippen LogP contribution in [-0.2, 0) is 19.6 Å². The van der Waals surface area contributed by atoms with E-state index in [1.165, 1.54) is 17.7 Å². The van der Waals surface area contributed by atoms with Crippen LogP contribution in [0.3, 0.4) is 0 Å². The third-order valence-corrected chi connectivity index (χ3v) is 4.27. The molecule has 0 radical (unpaired) electrons. The van der Waals surface area contributed by atoms with Crippen LogP contribution in [-0.4, -0.2) is 32.5 Å². The van der Waals surface area contributed by atoms with Crippen LogP contribution < -0.4 is 5.73 Å². The average molecular weight is 277 g/mol. The molecule has 0 spiro atoms. The van der Waals surface area contributed by atoms with Gasteiger partial charge in [-0.15, -0.1) is 16.4 Å². The molecule has 19 heavy (non-hydrogen) atoms. The van der Waals surface area contributed by atoms with E-state index in [1.54, 1.807) is 0 Å². The van der Waals surface area contributed by atoms with Crippen LogP contribution in [0.1, 0.15) is 23.4 Å². The molecule has 2 N–H and O–H groups in total. The zero-order chi connectivity index (χ0) is 13.1. The number of hydrogen-bond acceptors (Lipinski definition) is 5. The fraction of sp³-hybridized carbons (Fsp3) is 0.538. The van der Waals surface area contributed by atoms with Gasteiger partial charge in [0.2, 0.25) is 0 Å². The summed E-state index contributed by atoms with van der Waals surface area (Å²) in [5, 5.41) is 10.3. The normalized spacial score (nSPS) is 15.3. The molecule has 0 aliphatic heterocycles. The molecule has 2 aromatic heterocycles. The highest BCUT2D eigenvalue weighted by Crippen LogP contribution is 2.28. The average Bonchev–Trinajstić information content (AvgIpc) is 2.97. The molecule has 0 aromatic carbocycles. The second kappa shape index (κ2) is 5.81. The van der Waals surface area contributed by atoms with Crippen molar-refractivity contribution in [3.63, 3.8) is 0 Å². The fourth-order valence-electron chi connectivity index (χ4n) is 2.21. The maximum Gasteiger partial charge on any atom is 0.0962 e. The van der Waals surface area contributed by atoms with E-state index in [9.17, 15) is 0 Å². The van der Waals surface area contributed by atoms with Crippen molar-refractivity contribution in [1.82, 2.24) is 19.9 Å². The van der Waals surface area contributed by atoms with E-state index in [0.717, 1.165) is 31.4 Å². The summed E-state index contributed by atoms with van der Waals surface area (Å²) in [6.07, 6.45) is 4.60. The Bertz CT molecular complexity index is 503. The SMILES string of the molecule is NCc1cn(CCN(Cc2cccs2)C2CC2)nn1. The molecule has 0 amide bonds. The predicted octanol–water partition coefficient (Wildman–Crippen LogP) is 1.46. The Balaban J connectivity index is 1.56. The number of thiophene rings is 1. The first-order valence-corrected chi connectivity index (χ1v) is 7.58. The first-order chi connectivity index (χ1) is 9.35. The van der Waals surface area contributed by atoms with Gasteiger partial charge in [0, 0.05) is 36.8 Å². The minimum Gasteiger partial charge on any atom is -0.325 e. The Morgan fingerprint density at radius 2 is 2.37 bits per heavy atom. The summed E-state index contributed by atoms with van der Waals surface area (Å²) in [6, 6.07) is 5.09. The molecule has 2 aromatic rings. The van der Waals surface area contributed by atoms with Crippen molar-refractivity contribution in [2.75, 3.05) is 6.54 Å². The van der Waals surface area contributed by atoms with E-state index in [-0.39, 0.29) is 0 Å². The largest absolute Gasteiger partial charge is 0.325 e. The number of rotatable bonds is 7. The van der Waals surface area contributed by atoms with Crippen molar-refractivity contribution < 1.29 is 0 Å². The summed E-state index contributed by atoms with van der Waals surface area (Å²) in [7, 11) is 0. The molecule has 0 bridgehead atoms. The van der Waals surface area contributed by atoms with Crippen LogP contribution in [0.5, 0.6) is 0 Å². The third kappa shape index (κ3) is 3.40. The molecule has 3 rings (SSSR count). The molecule has 2 heterocycles. The van der Waals surface area contributed by atoms with Crippen molar-refractivity contribution in [2.45, 2.75) is 38.5 Å². The van der Waals surface area contributed by atoms with Crippen LogP contribution in [0.4, 0.5) is 0 Å². The van der Waals surface area contributed by atoms with E-state index in [0.29, 0.717) is 6.54 Å². The Kier molecular flexibility index (Phi) is 3.91. The molecule has 1 aliphatic rings. The van der Waals surface area contributed by atoms with E-state index >= 15 is 0 Å². The molecule has 5 nitrogen and oxygen atoms in total. The first kappa shape index (κ1) is 12.8. The molecule has 1 fully saturated rings. The van der Waals surface area contributed by atoms with Gasteiger partial charge in [-0.1, -0.05) is 11.3 Å². The lowest BCUT2D eigenvalue weighted by Gasteiger charge is -2.20. The molecule has 1 aliphatic carbocycles. The molecular formula is C13H19N5S. The second-order valence-corrected chi connectivity index (χ2v) is 5.99. The molecule has 6 heteroatoms. The topological polar surface area (TPSA) is 60.0 Å². The standard InChI is InChI=1S/C13H19N5S/c14-8-11-9-18(16-15-11)6-5-17(12-3-4-12)10-13-2-1-7-19-13/h1-2,7,9,12H,3-6,8,10,14H2. The van der Waals surface area contributed by atoms with E-state index in [2.05, 4.69) is 32.7 Å². The molecule has 102 valence electrons. The minimum absolute atomic E-state index is 0.460. The highest BCUT2D eigenvalue weighted by Gasteiger charge is 2.28. The Morgan fingerprint density at radius 1 is 1.47 bits per heavy atom. The lowest BCUT2D eigenvalue weighted by molar-refractivity contribution is 0.241. The summed E-state index contributed by atoms with van der Waals surface area (Å²) in [6.45, 7) is 3.42. The van der Waals surface area contributed by atoms with Gasteiger partial charge in [0.25, 0.3) is 0 Å². The van der Waals surface area contributed by atoms with Crippen molar-refractivity contribution in [1.29, 1.82) is 0 Å². The molecular weight excluding hydrogens is 258 g/mol. The van der Waals surface area contributed by atoms with Crippen LogP contribution in [0, 0.1) is 0 Å². The third-order valence-electron chi connectivity index (χ3n) is 3.41. The maximum atomic E-state index is 5.54. The lowest BCUT2D eigenvalue weighted by atomic mass is 10.4. The first-order valence-electron chi connectivity index (χ1n) is 6.70. The number of nitrogens with two attached hydrogens (primary N) is 1. The fourth-order valence-corrected chi connectivity index (χ4v) is 2.93. The minimum atomic E-state index is 0.460. The van der Waals surface area contributed by atoms with Gasteiger partial charge in [-0.05, 0) is 24.3 Å². The molecule has 0 saturated heterocycles. The Morgan fingerprint density at radius 3 is 3.00 bits per heavy atom. The number of aromatic nitrogens is 3.